The van der Waals surface area contributed by atoms with Crippen LogP contribution in [0.1, 0.15) is 28.8 Å². The minimum absolute atomic E-state index is 0.224. The van der Waals surface area contributed by atoms with Crippen LogP contribution in [0, 0.1) is 12.3 Å². The summed E-state index contributed by atoms with van der Waals surface area (Å²) in [6.45, 7) is 1.73. The van der Waals surface area contributed by atoms with Gasteiger partial charge in [0.1, 0.15) is 42.6 Å². The second-order valence-corrected chi connectivity index (χ2v) is 13.3. The SMILES string of the molecule is C#Cc1cccc(Nc2ncnc3cc(OCCOC)c(OCCOC)cc23)c1.COc1cc2nccc(Oc3ccc(NC(=O)NC4CC4)c(Cl)c3)c2cc1C(N)=O. The number of hydrogen-bond donors (Lipinski definition) is 4. The Labute approximate surface area is 345 Å². The van der Waals surface area contributed by atoms with E-state index < -0.39 is 5.91 Å². The zero-order chi connectivity index (χ0) is 41.7. The number of urea groups is 1. The number of carbonyl (C=O) groups is 2. The average molecular weight is 820 g/mol. The molecule has 2 heterocycles. The van der Waals surface area contributed by atoms with Crippen molar-refractivity contribution in [1.82, 2.24) is 20.3 Å². The fourth-order valence-electron chi connectivity index (χ4n) is 5.64. The highest BCUT2D eigenvalue weighted by Gasteiger charge is 2.23. The molecule has 0 radical (unpaired) electrons. The van der Waals surface area contributed by atoms with Crippen molar-refractivity contribution in [2.24, 2.45) is 5.73 Å². The van der Waals surface area contributed by atoms with Crippen LogP contribution in [0.15, 0.2) is 85.3 Å². The van der Waals surface area contributed by atoms with E-state index in [-0.39, 0.29) is 17.6 Å². The first kappa shape index (κ1) is 41.8. The van der Waals surface area contributed by atoms with Gasteiger partial charge in [-0.15, -0.1) is 6.42 Å². The number of nitrogens with two attached hydrogens (primary N) is 1. The van der Waals surface area contributed by atoms with E-state index in [2.05, 4.69) is 36.8 Å². The third-order valence-corrected chi connectivity index (χ3v) is 9.01. The molecule has 0 saturated heterocycles. The second kappa shape index (κ2) is 20.0. The normalized spacial score (nSPS) is 11.8. The zero-order valence-corrected chi connectivity index (χ0v) is 33.3. The van der Waals surface area contributed by atoms with Crippen molar-refractivity contribution >= 4 is 62.5 Å². The number of aromatic nitrogens is 3. The van der Waals surface area contributed by atoms with Crippen LogP contribution < -0.4 is 40.6 Å². The Hall–Kier alpha value is -6.86. The number of anilines is 3. The lowest BCUT2D eigenvalue weighted by Gasteiger charge is -2.15. The molecule has 7 rings (SSSR count). The largest absolute Gasteiger partial charge is 0.496 e. The zero-order valence-electron chi connectivity index (χ0n) is 32.5. The van der Waals surface area contributed by atoms with Gasteiger partial charge in [-0.2, -0.15) is 0 Å². The monoisotopic (exact) mass is 819 g/mol. The molecule has 1 aliphatic rings. The van der Waals surface area contributed by atoms with E-state index in [4.69, 9.17) is 52.2 Å². The lowest BCUT2D eigenvalue weighted by Crippen LogP contribution is -2.30. The molecule has 1 fully saturated rings. The average Bonchev–Trinajstić information content (AvgIpc) is 4.06. The lowest BCUT2D eigenvalue weighted by molar-refractivity contribution is 0.0997. The molecule has 0 atom stereocenters. The van der Waals surface area contributed by atoms with Crippen LogP contribution in [0.25, 0.3) is 21.8 Å². The maximum atomic E-state index is 11.9. The van der Waals surface area contributed by atoms with Crippen LogP contribution in [0.2, 0.25) is 5.02 Å². The quantitative estimate of drug-likeness (QED) is 0.0557. The molecule has 1 aliphatic carbocycles. The van der Waals surface area contributed by atoms with E-state index >= 15 is 0 Å². The van der Waals surface area contributed by atoms with E-state index in [9.17, 15) is 9.59 Å². The molecule has 16 heteroatoms. The molecule has 2 aromatic heterocycles. The van der Waals surface area contributed by atoms with E-state index in [1.54, 1.807) is 56.8 Å². The first-order chi connectivity index (χ1) is 28.7. The number of carbonyl (C=O) groups excluding carboxylic acids is 2. The van der Waals surface area contributed by atoms with Crippen LogP contribution in [0.5, 0.6) is 28.7 Å². The van der Waals surface area contributed by atoms with Crippen molar-refractivity contribution in [3.05, 3.63) is 101 Å². The van der Waals surface area contributed by atoms with E-state index in [1.165, 1.54) is 13.4 Å². The maximum absolute atomic E-state index is 11.9. The molecule has 0 aliphatic heterocycles. The number of ether oxygens (including phenoxy) is 6. The topological polar surface area (TPSA) is 190 Å². The molecule has 0 bridgehead atoms. The van der Waals surface area contributed by atoms with Crippen LogP contribution in [-0.4, -0.2) is 80.7 Å². The number of halogens is 1. The molecule has 0 spiro atoms. The highest BCUT2D eigenvalue weighted by atomic mass is 35.5. The van der Waals surface area contributed by atoms with Gasteiger partial charge in [0, 0.05) is 66.7 Å². The fraction of sp³-hybridized carbons (Fsp3) is 0.233. The molecule has 5 N–H and O–H groups in total. The Bertz CT molecular complexity index is 2490. The molecular weight excluding hydrogens is 778 g/mol. The minimum atomic E-state index is -0.619. The number of methoxy groups -OCH3 is 3. The Morgan fingerprint density at radius 2 is 1.56 bits per heavy atom. The minimum Gasteiger partial charge on any atom is -0.496 e. The molecule has 3 amide bonds. The molecule has 6 aromatic rings. The molecule has 0 unspecified atom stereocenters. The van der Waals surface area contributed by atoms with Gasteiger partial charge < -0.3 is 50.1 Å². The number of nitrogens with zero attached hydrogens (tertiary/aromatic N) is 3. The van der Waals surface area contributed by atoms with E-state index in [0.29, 0.717) is 82.6 Å². The van der Waals surface area contributed by atoms with Gasteiger partial charge in [0.2, 0.25) is 0 Å². The Balaban J connectivity index is 0.000000199. The summed E-state index contributed by atoms with van der Waals surface area (Å²) in [4.78, 5) is 36.7. The van der Waals surface area contributed by atoms with Crippen molar-refractivity contribution in [3.63, 3.8) is 0 Å². The number of fused-ring (bicyclic) bond motifs is 2. The van der Waals surface area contributed by atoms with Gasteiger partial charge in [0.25, 0.3) is 5.91 Å². The number of amides is 3. The smallest absolute Gasteiger partial charge is 0.319 e. The Morgan fingerprint density at radius 3 is 2.24 bits per heavy atom. The Kier molecular flexibility index (Phi) is 14.2. The number of rotatable bonds is 16. The molecule has 59 heavy (non-hydrogen) atoms. The summed E-state index contributed by atoms with van der Waals surface area (Å²) in [5.41, 5.74) is 9.08. The highest BCUT2D eigenvalue weighted by Crippen LogP contribution is 2.37. The molecule has 15 nitrogen and oxygen atoms in total. The lowest BCUT2D eigenvalue weighted by atomic mass is 10.1. The summed E-state index contributed by atoms with van der Waals surface area (Å²) in [5, 5.41) is 10.6. The second-order valence-electron chi connectivity index (χ2n) is 12.9. The van der Waals surface area contributed by atoms with Gasteiger partial charge in [-0.05, 0) is 61.4 Å². The third-order valence-electron chi connectivity index (χ3n) is 8.70. The third kappa shape index (κ3) is 11.2. The van der Waals surface area contributed by atoms with Crippen LogP contribution in [0.4, 0.5) is 22.0 Å². The fourth-order valence-corrected chi connectivity index (χ4v) is 5.86. The number of primary amides is 1. The van der Waals surface area contributed by atoms with Gasteiger partial charge in [-0.25, -0.2) is 14.8 Å². The predicted octanol–water partition coefficient (Wildman–Crippen LogP) is 7.48. The van der Waals surface area contributed by atoms with Gasteiger partial charge in [-0.1, -0.05) is 23.6 Å². The van der Waals surface area contributed by atoms with Gasteiger partial charge in [-0.3, -0.25) is 9.78 Å². The Morgan fingerprint density at radius 1 is 0.831 bits per heavy atom. The number of nitrogens with one attached hydrogen (secondary N) is 3. The summed E-state index contributed by atoms with van der Waals surface area (Å²) in [6.07, 6.45) is 10.6. The molecule has 4 aromatic carbocycles. The van der Waals surface area contributed by atoms with Crippen LogP contribution >= 0.6 is 11.6 Å². The summed E-state index contributed by atoms with van der Waals surface area (Å²) in [5.74, 6) is 5.08. The molecular formula is C43H42ClN7O8. The summed E-state index contributed by atoms with van der Waals surface area (Å²) < 4.78 is 33.0. The van der Waals surface area contributed by atoms with Crippen LogP contribution in [-0.2, 0) is 9.47 Å². The summed E-state index contributed by atoms with van der Waals surface area (Å²) in [7, 11) is 4.70. The van der Waals surface area contributed by atoms with Gasteiger partial charge in [0.15, 0.2) is 11.5 Å². The number of benzene rings is 4. The maximum Gasteiger partial charge on any atom is 0.319 e. The number of hydrogen-bond acceptors (Lipinski definition) is 12. The number of terminal acetylenes is 1. The van der Waals surface area contributed by atoms with Crippen LogP contribution in [0.3, 0.4) is 0 Å². The number of pyridine rings is 1. The predicted molar refractivity (Wildman–Crippen MR) is 225 cm³/mol. The van der Waals surface area contributed by atoms with Gasteiger partial charge >= 0.3 is 6.03 Å². The standard InChI is InChI=1S/C22H23N3O4.C21H19ClN4O4/c1-4-16-6-5-7-17(12-16)25-22-18-13-20(28-10-8-26-2)21(29-11-9-27-3)14-19(18)23-15-24-22;1-29-19-10-17-13(9-14(19)20(23)27)18(6-7-24-17)30-12-4-5-16(15(22)8-12)26-21(28)25-11-2-3-11/h1,5-7,12-15H,8-11H2,2-3H3,(H,23,24,25);4-11H,2-3H2,1H3,(H2,23,27)(H2,25,26,28). The summed E-state index contributed by atoms with van der Waals surface area (Å²) in [6, 6.07) is 21.0. The van der Waals surface area contributed by atoms with E-state index in [0.717, 1.165) is 35.0 Å². The molecule has 1 saturated carbocycles. The van der Waals surface area contributed by atoms with Gasteiger partial charge in [0.05, 0.1) is 47.6 Å². The summed E-state index contributed by atoms with van der Waals surface area (Å²) >= 11 is 6.30. The molecule has 304 valence electrons. The van der Waals surface area contributed by atoms with Crippen molar-refractivity contribution in [3.8, 4) is 41.1 Å². The van der Waals surface area contributed by atoms with Crippen molar-refractivity contribution in [1.29, 1.82) is 0 Å². The van der Waals surface area contributed by atoms with Crippen molar-refractivity contribution in [2.75, 3.05) is 58.4 Å². The highest BCUT2D eigenvalue weighted by molar-refractivity contribution is 6.33. The first-order valence-electron chi connectivity index (χ1n) is 18.4. The van der Waals surface area contributed by atoms with Crippen molar-refractivity contribution < 1.29 is 38.0 Å². The van der Waals surface area contributed by atoms with E-state index in [1.807, 2.05) is 36.4 Å². The first-order valence-corrected chi connectivity index (χ1v) is 18.7. The van der Waals surface area contributed by atoms with Crippen molar-refractivity contribution in [2.45, 2.75) is 18.9 Å².